The number of halogens is 2. The summed E-state index contributed by atoms with van der Waals surface area (Å²) >= 11 is 0. The topological polar surface area (TPSA) is 374 Å². The van der Waals surface area contributed by atoms with Gasteiger partial charge in [0.1, 0.15) is 48.0 Å². The number of ether oxygens (including phenoxy) is 4. The van der Waals surface area contributed by atoms with Crippen LogP contribution in [0.5, 0.6) is 11.5 Å². The van der Waals surface area contributed by atoms with E-state index in [1.807, 2.05) is 23.8 Å². The van der Waals surface area contributed by atoms with Gasteiger partial charge >= 0.3 is 38.8 Å². The lowest BCUT2D eigenvalue weighted by Gasteiger charge is -2.25. The minimum Gasteiger partial charge on any atom is -0.465 e. The summed E-state index contributed by atoms with van der Waals surface area (Å²) in [6.07, 6.45) is -5.66. The number of rotatable bonds is 22. The quantitative estimate of drug-likeness (QED) is 0.0337. The zero-order valence-electron chi connectivity index (χ0n) is 44.0. The number of aliphatic hydroxyl groups is 3. The third-order valence-electron chi connectivity index (χ3n) is 11.7. The van der Waals surface area contributed by atoms with Crippen molar-refractivity contribution in [3.05, 3.63) is 127 Å². The van der Waals surface area contributed by atoms with E-state index in [1.165, 1.54) is 38.1 Å². The fraction of sp³-hybridized carbons (Fsp3) is 0.500. The molecule has 32 heteroatoms. The number of H-pyrrole nitrogens is 2. The summed E-state index contributed by atoms with van der Waals surface area (Å²) in [6, 6.07) is 15.9. The minimum atomic E-state index is -4.29. The number of aliphatic hydroxyl groups excluding tert-OH is 3. The molecule has 0 spiro atoms. The number of benzene rings is 2. The Bertz CT molecular complexity index is 3080. The number of carbonyl (C=O) groups excluding carboxylic acids is 4. The van der Waals surface area contributed by atoms with Gasteiger partial charge in [-0.1, -0.05) is 50.2 Å². The van der Waals surface area contributed by atoms with Gasteiger partial charge in [0.25, 0.3) is 22.9 Å². The Kier molecular flexibility index (Phi) is 22.7. The van der Waals surface area contributed by atoms with Gasteiger partial charge in [-0.2, -0.15) is 14.8 Å². The van der Waals surface area contributed by atoms with Gasteiger partial charge in [0, 0.05) is 37.4 Å². The van der Waals surface area contributed by atoms with E-state index in [0.717, 1.165) is 47.5 Å². The van der Waals surface area contributed by atoms with Crippen molar-refractivity contribution in [2.75, 3.05) is 26.4 Å². The number of amides is 2. The number of aromatic nitrogens is 4. The van der Waals surface area contributed by atoms with E-state index in [-0.39, 0.29) is 37.6 Å². The molecule has 3 fully saturated rings. The first kappa shape index (κ1) is 64.3. The van der Waals surface area contributed by atoms with Crippen LogP contribution in [0.4, 0.5) is 8.78 Å². The van der Waals surface area contributed by atoms with E-state index in [2.05, 4.69) is 10.2 Å². The molecule has 2 aromatic carbocycles. The highest BCUT2D eigenvalue weighted by Gasteiger charge is 2.57. The summed E-state index contributed by atoms with van der Waals surface area (Å²) in [7, 11) is -8.57. The lowest BCUT2D eigenvalue weighted by atomic mass is 9.98. The molecule has 3 aliphatic heterocycles. The van der Waals surface area contributed by atoms with Crippen LogP contribution in [0.1, 0.15) is 79.7 Å². The minimum absolute atomic E-state index is 0.0434. The average Bonchev–Trinajstić information content (AvgIpc) is 4.04. The molecular weight excluding hydrogens is 1110 g/mol. The molecule has 4 aromatic rings. The van der Waals surface area contributed by atoms with Gasteiger partial charge in [0.2, 0.25) is 0 Å². The molecule has 5 heterocycles. The molecule has 0 saturated carbocycles. The Morgan fingerprint density at radius 1 is 0.688 bits per heavy atom. The molecule has 3 aliphatic rings. The first-order valence-electron chi connectivity index (χ1n) is 24.8. The molecule has 2 aromatic heterocycles. The van der Waals surface area contributed by atoms with E-state index >= 15 is 4.39 Å². The van der Waals surface area contributed by atoms with Crippen molar-refractivity contribution in [1.82, 2.24) is 34.3 Å². The highest BCUT2D eigenvalue weighted by Crippen LogP contribution is 2.49. The van der Waals surface area contributed by atoms with Crippen LogP contribution in [0, 0.1) is 0 Å². The molecule has 0 aliphatic carbocycles. The van der Waals surface area contributed by atoms with Gasteiger partial charge in [0.05, 0.1) is 26.4 Å². The third kappa shape index (κ3) is 16.8. The predicted octanol–water partition coefficient (Wildman–Crippen LogP) is 2.36. The molecule has 0 unspecified atom stereocenters. The van der Waals surface area contributed by atoms with Crippen LogP contribution >= 0.6 is 15.5 Å². The zero-order chi connectivity index (χ0) is 59.2. The van der Waals surface area contributed by atoms with E-state index in [4.69, 9.17) is 42.2 Å². The Hall–Kier alpha value is -6.56. The van der Waals surface area contributed by atoms with E-state index in [9.17, 15) is 62.1 Å². The van der Waals surface area contributed by atoms with Gasteiger partial charge < -0.3 is 43.3 Å². The molecule has 12 atom stereocenters. The standard InChI is InChI=1S/C22H29FN3O9P.C16H21N2O7P.C10H13FN2O5/c1-4-12-32-19(29)14(2)25-36(31,35-15-8-6-5-7-9-15)33-13-16-18(28)22(3,23)20(34-16)26-11-10-17(27)24-21(26)30;1-3-11-23-16(21)12(2)17-26(22,24-13-7-5-4-6-8-13)25-18-14(19)9-10-15(18)20;1-10(11)7(16)5(4-14)18-8(10)13-3-2-6(15)12-9(13)17/h5-11,14,16,18,20,28H,4,12-13H2,1-3H3,(H,25,31)(H,24,27,30);4-8,12H,3,9-11H2,1-2H3,(H,17,22);2-3,5,7-8,14,16H,4H2,1H3,(H,12,15,17)/t14-,16+,18+,20+,22+,36-;12-,26+;5-,7-,8-,10-/m001/s1. The predicted molar refractivity (Wildman–Crippen MR) is 274 cm³/mol. The number of nitrogens with zero attached hydrogens (tertiary/aromatic N) is 3. The fourth-order valence-corrected chi connectivity index (χ4v) is 10.5. The third-order valence-corrected chi connectivity index (χ3v) is 14.8. The first-order chi connectivity index (χ1) is 37.7. The molecule has 7 rings (SSSR count). The number of nitrogens with one attached hydrogen (secondary N) is 4. The molecule has 2 amide bonds. The Morgan fingerprint density at radius 3 is 1.49 bits per heavy atom. The average molecular weight is 1170 g/mol. The normalized spacial score (nSPS) is 25.6. The molecule has 440 valence electrons. The van der Waals surface area contributed by atoms with E-state index in [1.54, 1.807) is 36.4 Å². The number of para-hydroxylation sites is 2. The lowest BCUT2D eigenvalue weighted by Crippen LogP contribution is -2.43. The number of hydroxylamine groups is 2. The summed E-state index contributed by atoms with van der Waals surface area (Å²) in [4.78, 5) is 97.5. The van der Waals surface area contributed by atoms with Crippen molar-refractivity contribution >= 4 is 39.2 Å². The summed E-state index contributed by atoms with van der Waals surface area (Å²) < 4.78 is 100. The van der Waals surface area contributed by atoms with Gasteiger partial charge in [-0.25, -0.2) is 27.5 Å². The summed E-state index contributed by atoms with van der Waals surface area (Å²) in [5.41, 5.74) is -7.83. The van der Waals surface area contributed by atoms with E-state index in [0.29, 0.717) is 17.9 Å². The van der Waals surface area contributed by atoms with Crippen LogP contribution in [0.3, 0.4) is 0 Å². The van der Waals surface area contributed by atoms with E-state index < -0.39 is 135 Å². The number of hydrogen-bond acceptors (Lipinski definition) is 21. The number of alkyl halides is 2. The molecule has 28 nitrogen and oxygen atoms in total. The van der Waals surface area contributed by atoms with Crippen molar-refractivity contribution in [2.24, 2.45) is 0 Å². The summed E-state index contributed by atoms with van der Waals surface area (Å²) in [5, 5.41) is 34.5. The maximum Gasteiger partial charge on any atom is 0.481 e. The highest BCUT2D eigenvalue weighted by molar-refractivity contribution is 7.52. The molecule has 7 N–H and O–H groups in total. The van der Waals surface area contributed by atoms with Gasteiger partial charge in [-0.15, -0.1) is 5.06 Å². The second-order valence-electron chi connectivity index (χ2n) is 18.3. The molecular formula is C48H63F2N7O21P2. The SMILES string of the molecule is CCCOC(=O)[C@H](C)N[P@@](=O)(Oc1ccccc1)ON1C(=O)CCC1=O.CCCOC(=O)[C@H](C)N[P@](=O)(OC[C@H]1O[C@@H](n2ccc(=O)[nH]c2=O)[C@](C)(F)[C@@H]1O)Oc1ccccc1.C[C@@]1(F)[C@H](O)[C@@H](CO)O[C@H]1n1ccc(=O)[nH]c1=O. The molecule has 0 radical (unpaired) electrons. The Balaban J connectivity index is 0.000000234. The van der Waals surface area contributed by atoms with Gasteiger partial charge in [0.15, 0.2) is 23.8 Å². The van der Waals surface area contributed by atoms with Crippen molar-refractivity contribution in [1.29, 1.82) is 0 Å². The van der Waals surface area contributed by atoms with Gasteiger partial charge in [-0.05, 0) is 64.8 Å². The number of hydrogen-bond donors (Lipinski definition) is 7. The number of carbonyl (C=O) groups is 4. The highest BCUT2D eigenvalue weighted by atomic mass is 31.2. The number of esters is 2. The maximum atomic E-state index is 15.4. The van der Waals surface area contributed by atoms with Gasteiger partial charge in [-0.3, -0.25) is 52.4 Å². The molecule has 0 bridgehead atoms. The smallest absolute Gasteiger partial charge is 0.465 e. The molecule has 3 saturated heterocycles. The van der Waals surface area contributed by atoms with Crippen molar-refractivity contribution in [2.45, 2.75) is 128 Å². The van der Waals surface area contributed by atoms with Crippen LogP contribution in [0.15, 0.2) is 104 Å². The summed E-state index contributed by atoms with van der Waals surface area (Å²) in [5.74, 6) is -2.28. The maximum absolute atomic E-state index is 15.4. The van der Waals surface area contributed by atoms with Crippen LogP contribution in [0.2, 0.25) is 0 Å². The number of aromatic amines is 2. The first-order valence-corrected chi connectivity index (χ1v) is 27.8. The van der Waals surface area contributed by atoms with Crippen molar-refractivity contribution in [3.8, 4) is 11.5 Å². The monoisotopic (exact) mass is 1170 g/mol. The fourth-order valence-electron chi connectivity index (χ4n) is 7.50. The van der Waals surface area contributed by atoms with Crippen LogP contribution < -0.4 is 41.7 Å². The Morgan fingerprint density at radius 2 is 1.09 bits per heavy atom. The van der Waals surface area contributed by atoms with Crippen LogP contribution in [0.25, 0.3) is 0 Å². The summed E-state index contributed by atoms with van der Waals surface area (Å²) in [6.45, 7) is 7.71. The second kappa shape index (κ2) is 28.2. The Labute approximate surface area is 454 Å². The van der Waals surface area contributed by atoms with Crippen LogP contribution in [-0.2, 0) is 56.4 Å². The van der Waals surface area contributed by atoms with Crippen molar-refractivity contribution < 1.29 is 89.6 Å². The van der Waals surface area contributed by atoms with Crippen molar-refractivity contribution in [3.63, 3.8) is 0 Å². The van der Waals surface area contributed by atoms with Crippen LogP contribution in [-0.4, -0.2) is 138 Å². The second-order valence-corrected chi connectivity index (χ2v) is 21.6. The largest absolute Gasteiger partial charge is 0.481 e. The zero-order valence-corrected chi connectivity index (χ0v) is 45.8. The number of imide groups is 1. The molecule has 80 heavy (non-hydrogen) atoms. The lowest BCUT2D eigenvalue weighted by molar-refractivity contribution is -0.166.